The summed E-state index contributed by atoms with van der Waals surface area (Å²) >= 11 is 0. The van der Waals surface area contributed by atoms with Gasteiger partial charge in [0.25, 0.3) is 0 Å². The Morgan fingerprint density at radius 1 is 1.33 bits per heavy atom. The zero-order valence-electron chi connectivity index (χ0n) is 10.0. The molecular formula is C14H15NO3. The lowest BCUT2D eigenvalue weighted by Crippen LogP contribution is -2.41. The minimum Gasteiger partial charge on any atom is -0.445 e. The Kier molecular flexibility index (Phi) is 2.78. The molecule has 2 atom stereocenters. The maximum Gasteiger partial charge on any atom is 0.410 e. The molecule has 2 unspecified atom stereocenters. The number of likely N-dealkylation sites (tertiary alicyclic amines) is 1. The van der Waals surface area contributed by atoms with Crippen LogP contribution in [0.15, 0.2) is 30.3 Å². The molecule has 0 bridgehead atoms. The van der Waals surface area contributed by atoms with Crippen molar-refractivity contribution in [2.45, 2.75) is 13.0 Å². The van der Waals surface area contributed by atoms with Crippen molar-refractivity contribution in [2.75, 3.05) is 13.1 Å². The Bertz CT molecular complexity index is 471. The lowest BCUT2D eigenvalue weighted by Gasteiger charge is -2.24. The molecule has 1 saturated carbocycles. The summed E-state index contributed by atoms with van der Waals surface area (Å²) in [4.78, 5) is 24.9. The lowest BCUT2D eigenvalue weighted by molar-refractivity contribution is -0.123. The molecule has 2 fully saturated rings. The van der Waals surface area contributed by atoms with Gasteiger partial charge in [0.2, 0.25) is 0 Å². The predicted molar refractivity (Wildman–Crippen MR) is 64.8 cm³/mol. The number of carbonyl (C=O) groups is 2. The first kappa shape index (κ1) is 11.3. The Morgan fingerprint density at radius 2 is 2.11 bits per heavy atom. The van der Waals surface area contributed by atoms with Crippen molar-refractivity contribution in [2.24, 2.45) is 11.8 Å². The first-order valence-electron chi connectivity index (χ1n) is 6.22. The predicted octanol–water partition coefficient (Wildman–Crippen LogP) is 1.84. The average molecular weight is 245 g/mol. The van der Waals surface area contributed by atoms with Crippen molar-refractivity contribution in [3.63, 3.8) is 0 Å². The summed E-state index contributed by atoms with van der Waals surface area (Å²) in [7, 11) is 0. The maximum atomic E-state index is 11.8. The number of carbonyl (C=O) groups excluding carboxylic acids is 2. The van der Waals surface area contributed by atoms with E-state index in [2.05, 4.69) is 0 Å². The number of fused-ring (bicyclic) bond motifs is 1. The smallest absolute Gasteiger partial charge is 0.410 e. The number of hydrogen-bond donors (Lipinski definition) is 0. The van der Waals surface area contributed by atoms with Crippen molar-refractivity contribution in [1.29, 1.82) is 0 Å². The summed E-state index contributed by atoms with van der Waals surface area (Å²) in [5, 5.41) is 0. The van der Waals surface area contributed by atoms with Crippen LogP contribution in [0.2, 0.25) is 0 Å². The standard InChI is InChI=1S/C14H15NO3/c16-13-8-15(7-11-6-12(11)13)14(17)18-9-10-4-2-1-3-5-10/h1-5,11-12H,6-9H2. The highest BCUT2D eigenvalue weighted by Crippen LogP contribution is 2.42. The van der Waals surface area contributed by atoms with E-state index >= 15 is 0 Å². The molecule has 0 spiro atoms. The molecule has 4 heteroatoms. The van der Waals surface area contributed by atoms with Crippen LogP contribution in [-0.2, 0) is 16.1 Å². The van der Waals surface area contributed by atoms with Gasteiger partial charge in [-0.3, -0.25) is 4.79 Å². The van der Waals surface area contributed by atoms with E-state index in [0.717, 1.165) is 12.0 Å². The van der Waals surface area contributed by atoms with E-state index in [-0.39, 0.29) is 30.9 Å². The Morgan fingerprint density at radius 3 is 2.83 bits per heavy atom. The molecule has 1 aromatic carbocycles. The second-order valence-corrected chi connectivity index (χ2v) is 4.99. The van der Waals surface area contributed by atoms with Gasteiger partial charge in [-0.25, -0.2) is 4.79 Å². The number of Topliss-reactive ketones (excluding diaryl/α,β-unsaturated/α-hetero) is 1. The third kappa shape index (κ3) is 2.23. The number of benzene rings is 1. The normalized spacial score (nSPS) is 25.6. The summed E-state index contributed by atoms with van der Waals surface area (Å²) in [6.07, 6.45) is 0.568. The van der Waals surface area contributed by atoms with E-state index in [1.54, 1.807) is 0 Å². The quantitative estimate of drug-likeness (QED) is 0.798. The fraction of sp³-hybridized carbons (Fsp3) is 0.429. The number of hydrogen-bond acceptors (Lipinski definition) is 3. The van der Waals surface area contributed by atoms with E-state index in [1.165, 1.54) is 4.90 Å². The number of ether oxygens (including phenoxy) is 1. The van der Waals surface area contributed by atoms with Crippen LogP contribution in [0, 0.1) is 11.8 Å². The van der Waals surface area contributed by atoms with Gasteiger partial charge in [-0.2, -0.15) is 0 Å². The maximum absolute atomic E-state index is 11.8. The molecule has 4 nitrogen and oxygen atoms in total. The van der Waals surface area contributed by atoms with Crippen LogP contribution >= 0.6 is 0 Å². The summed E-state index contributed by atoms with van der Waals surface area (Å²) in [5.74, 6) is 0.793. The minimum absolute atomic E-state index is 0.183. The van der Waals surface area contributed by atoms with Gasteiger partial charge in [0.1, 0.15) is 6.61 Å². The van der Waals surface area contributed by atoms with Gasteiger partial charge in [0, 0.05) is 12.5 Å². The molecule has 18 heavy (non-hydrogen) atoms. The molecule has 1 aliphatic carbocycles. The first-order valence-corrected chi connectivity index (χ1v) is 6.22. The van der Waals surface area contributed by atoms with E-state index in [0.29, 0.717) is 12.5 Å². The van der Waals surface area contributed by atoms with Crippen LogP contribution in [0.25, 0.3) is 0 Å². The fourth-order valence-corrected chi connectivity index (χ4v) is 2.45. The van der Waals surface area contributed by atoms with E-state index in [1.807, 2.05) is 30.3 Å². The molecule has 1 aliphatic heterocycles. The Labute approximate surface area is 106 Å². The fourth-order valence-electron chi connectivity index (χ4n) is 2.45. The van der Waals surface area contributed by atoms with Crippen LogP contribution in [0.5, 0.6) is 0 Å². The van der Waals surface area contributed by atoms with Gasteiger partial charge in [-0.1, -0.05) is 30.3 Å². The van der Waals surface area contributed by atoms with E-state index in [4.69, 9.17) is 4.74 Å². The van der Waals surface area contributed by atoms with Crippen molar-refractivity contribution in [3.8, 4) is 0 Å². The highest BCUT2D eigenvalue weighted by molar-refractivity contribution is 5.89. The SMILES string of the molecule is O=C1CN(C(=O)OCc2ccccc2)CC2CC12. The lowest BCUT2D eigenvalue weighted by atomic mass is 10.1. The van der Waals surface area contributed by atoms with Gasteiger partial charge >= 0.3 is 6.09 Å². The number of amides is 1. The van der Waals surface area contributed by atoms with Crippen molar-refractivity contribution in [3.05, 3.63) is 35.9 Å². The van der Waals surface area contributed by atoms with Gasteiger partial charge < -0.3 is 9.64 Å². The van der Waals surface area contributed by atoms with Gasteiger partial charge in [-0.05, 0) is 17.9 Å². The van der Waals surface area contributed by atoms with Gasteiger partial charge in [0.05, 0.1) is 6.54 Å². The molecule has 1 amide bonds. The van der Waals surface area contributed by atoms with Crippen LogP contribution in [-0.4, -0.2) is 29.9 Å². The molecule has 0 N–H and O–H groups in total. The van der Waals surface area contributed by atoms with Crippen LogP contribution < -0.4 is 0 Å². The molecule has 2 aliphatic rings. The molecule has 3 rings (SSSR count). The van der Waals surface area contributed by atoms with E-state index < -0.39 is 0 Å². The van der Waals surface area contributed by atoms with Crippen LogP contribution in [0.1, 0.15) is 12.0 Å². The topological polar surface area (TPSA) is 46.6 Å². The highest BCUT2D eigenvalue weighted by Gasteiger charge is 2.48. The van der Waals surface area contributed by atoms with Crippen LogP contribution in [0.3, 0.4) is 0 Å². The minimum atomic E-state index is -0.377. The zero-order chi connectivity index (χ0) is 12.5. The summed E-state index contributed by atoms with van der Waals surface area (Å²) in [5.41, 5.74) is 0.957. The first-order chi connectivity index (χ1) is 8.74. The summed E-state index contributed by atoms with van der Waals surface area (Å²) in [6, 6.07) is 9.55. The third-order valence-electron chi connectivity index (χ3n) is 3.60. The Balaban J connectivity index is 1.54. The zero-order valence-corrected chi connectivity index (χ0v) is 10.0. The number of piperidine rings is 1. The van der Waals surface area contributed by atoms with E-state index in [9.17, 15) is 9.59 Å². The van der Waals surface area contributed by atoms with Crippen molar-refractivity contribution >= 4 is 11.9 Å². The molecule has 94 valence electrons. The van der Waals surface area contributed by atoms with Crippen LogP contribution in [0.4, 0.5) is 4.79 Å². The molecule has 0 radical (unpaired) electrons. The monoisotopic (exact) mass is 245 g/mol. The largest absolute Gasteiger partial charge is 0.445 e. The van der Waals surface area contributed by atoms with Gasteiger partial charge in [0.15, 0.2) is 5.78 Å². The molecule has 1 aromatic rings. The molecular weight excluding hydrogens is 230 g/mol. The van der Waals surface area contributed by atoms with Crippen molar-refractivity contribution < 1.29 is 14.3 Å². The Hall–Kier alpha value is -1.84. The average Bonchev–Trinajstić information content (AvgIpc) is 3.17. The third-order valence-corrected chi connectivity index (χ3v) is 3.60. The number of nitrogens with zero attached hydrogens (tertiary/aromatic N) is 1. The molecule has 1 saturated heterocycles. The van der Waals surface area contributed by atoms with Gasteiger partial charge in [-0.15, -0.1) is 0 Å². The summed E-state index contributed by atoms with van der Waals surface area (Å²) in [6.45, 7) is 1.15. The second-order valence-electron chi connectivity index (χ2n) is 4.99. The molecule has 0 aromatic heterocycles. The van der Waals surface area contributed by atoms with Crippen molar-refractivity contribution in [1.82, 2.24) is 4.90 Å². The number of rotatable bonds is 2. The number of ketones is 1. The molecule has 1 heterocycles. The second kappa shape index (κ2) is 4.44. The highest BCUT2D eigenvalue weighted by atomic mass is 16.6. The summed E-state index contributed by atoms with van der Waals surface area (Å²) < 4.78 is 5.22.